The average Bonchev–Trinajstić information content (AvgIpc) is 3.23. The van der Waals surface area contributed by atoms with Gasteiger partial charge in [0.1, 0.15) is 0 Å². The van der Waals surface area contributed by atoms with Crippen molar-refractivity contribution in [3.63, 3.8) is 0 Å². The molecule has 2 aliphatic rings. The van der Waals surface area contributed by atoms with E-state index in [1.54, 1.807) is 6.07 Å². The van der Waals surface area contributed by atoms with Gasteiger partial charge in [0.05, 0.1) is 17.2 Å². The number of H-pyrrole nitrogens is 1. The molecule has 1 saturated heterocycles. The predicted molar refractivity (Wildman–Crippen MR) is 137 cm³/mol. The Hall–Kier alpha value is -2.72. The van der Waals surface area contributed by atoms with Crippen LogP contribution >= 0.6 is 10.7 Å². The molecule has 170 valence electrons. The Labute approximate surface area is 198 Å². The Balaban J connectivity index is 1.46. The van der Waals surface area contributed by atoms with Crippen molar-refractivity contribution in [1.29, 1.82) is 5.26 Å². The van der Waals surface area contributed by atoms with Gasteiger partial charge in [-0.2, -0.15) is 5.26 Å². The summed E-state index contributed by atoms with van der Waals surface area (Å²) in [5.74, 6) is 0.0706. The molecule has 1 atom stereocenters. The maximum absolute atomic E-state index is 13.6. The molecule has 0 bridgehead atoms. The predicted octanol–water partition coefficient (Wildman–Crippen LogP) is 4.66. The lowest BCUT2D eigenvalue weighted by Crippen LogP contribution is -2.43. The summed E-state index contributed by atoms with van der Waals surface area (Å²) in [6, 6.07) is 14.1. The standard InChI is InChI=1S/C27H30N4OS/c1-5-33(4)31-12-10-30(11-13-31)17-19-7-8-20-22(14-19)27(2,3)26-24(25(20)32)21-9-6-18(16-28)15-23(21)29-26/h5-9,14-15,29H,10-13,17H2,1-4H3. The lowest BCUT2D eigenvalue weighted by molar-refractivity contribution is 0.103. The molecule has 1 aliphatic heterocycles. The van der Waals surface area contributed by atoms with Crippen LogP contribution in [-0.2, 0) is 12.0 Å². The minimum Gasteiger partial charge on any atom is -0.357 e. The minimum atomic E-state index is -0.327. The van der Waals surface area contributed by atoms with Crippen molar-refractivity contribution in [3.05, 3.63) is 69.9 Å². The molecule has 33 heavy (non-hydrogen) atoms. The minimum absolute atomic E-state index is 0.0706. The molecule has 0 saturated carbocycles. The quantitative estimate of drug-likeness (QED) is 0.580. The fraction of sp³-hybridized carbons (Fsp3) is 0.370. The number of hydrogen-bond donors (Lipinski definition) is 1. The second kappa shape index (κ2) is 8.25. The zero-order valence-corrected chi connectivity index (χ0v) is 20.6. The molecule has 1 aliphatic carbocycles. The first-order valence-corrected chi connectivity index (χ1v) is 13.1. The van der Waals surface area contributed by atoms with Gasteiger partial charge in [0.15, 0.2) is 5.78 Å². The Morgan fingerprint density at radius 2 is 1.91 bits per heavy atom. The van der Waals surface area contributed by atoms with Crippen molar-refractivity contribution in [2.75, 3.05) is 32.4 Å². The fourth-order valence-electron chi connectivity index (χ4n) is 5.23. The highest BCUT2D eigenvalue weighted by atomic mass is 32.2. The first kappa shape index (κ1) is 22.1. The number of piperazine rings is 1. The van der Waals surface area contributed by atoms with Gasteiger partial charge in [0.25, 0.3) is 0 Å². The third-order valence-electron chi connectivity index (χ3n) is 7.27. The van der Waals surface area contributed by atoms with E-state index >= 15 is 0 Å². The summed E-state index contributed by atoms with van der Waals surface area (Å²) < 4.78 is 2.56. The number of nitriles is 1. The van der Waals surface area contributed by atoms with Crippen LogP contribution in [-0.4, -0.2) is 57.8 Å². The second-order valence-corrected chi connectivity index (χ2v) is 11.6. The summed E-state index contributed by atoms with van der Waals surface area (Å²) in [4.78, 5) is 19.6. The Morgan fingerprint density at radius 1 is 1.15 bits per heavy atom. The molecule has 1 N–H and O–H groups in total. The van der Waals surface area contributed by atoms with Crippen LogP contribution in [0.25, 0.3) is 10.9 Å². The molecule has 3 aromatic rings. The molecule has 1 fully saturated rings. The first-order chi connectivity index (χ1) is 15.8. The van der Waals surface area contributed by atoms with E-state index in [0.717, 1.165) is 66.0 Å². The van der Waals surface area contributed by atoms with Gasteiger partial charge in [-0.05, 0) is 36.4 Å². The van der Waals surface area contributed by atoms with Gasteiger partial charge < -0.3 is 4.98 Å². The summed E-state index contributed by atoms with van der Waals surface area (Å²) in [5, 5.41) is 12.5. The maximum atomic E-state index is 13.6. The molecular formula is C27H30N4OS. The van der Waals surface area contributed by atoms with Gasteiger partial charge in [-0.15, -0.1) is 10.7 Å². The molecule has 5 nitrogen and oxygen atoms in total. The zero-order chi connectivity index (χ0) is 23.3. The average molecular weight is 459 g/mol. The van der Waals surface area contributed by atoms with E-state index in [0.29, 0.717) is 5.56 Å². The van der Waals surface area contributed by atoms with Gasteiger partial charge in [0.2, 0.25) is 0 Å². The number of carbonyl (C=O) groups excluding carboxylic acids is 1. The van der Waals surface area contributed by atoms with Crippen molar-refractivity contribution in [3.8, 4) is 6.07 Å². The van der Waals surface area contributed by atoms with E-state index in [1.165, 1.54) is 5.56 Å². The number of nitrogens with zero attached hydrogens (tertiary/aromatic N) is 3. The molecular weight excluding hydrogens is 428 g/mol. The van der Waals surface area contributed by atoms with E-state index in [4.69, 9.17) is 0 Å². The largest absolute Gasteiger partial charge is 0.357 e. The van der Waals surface area contributed by atoms with E-state index < -0.39 is 0 Å². The normalized spacial score (nSPS) is 19.3. The van der Waals surface area contributed by atoms with Crippen LogP contribution < -0.4 is 0 Å². The van der Waals surface area contributed by atoms with Gasteiger partial charge in [-0.25, -0.2) is 0 Å². The summed E-state index contributed by atoms with van der Waals surface area (Å²) in [5.41, 5.74) is 5.95. The number of fused-ring (bicyclic) bond motifs is 4. The SMILES string of the molecule is C/C=S(/C)N1CCN(Cc2ccc3c(c2)C(C)(C)c2[nH]c4cc(C#N)ccc4c2C3=O)CC1. The molecule has 2 heterocycles. The van der Waals surface area contributed by atoms with Gasteiger partial charge in [0, 0.05) is 60.3 Å². The molecule has 1 aromatic heterocycles. The summed E-state index contributed by atoms with van der Waals surface area (Å²) in [6.07, 6.45) is 2.29. The first-order valence-electron chi connectivity index (χ1n) is 11.5. The highest BCUT2D eigenvalue weighted by Gasteiger charge is 2.39. The number of carbonyl (C=O) groups is 1. The Bertz CT molecular complexity index is 1340. The van der Waals surface area contributed by atoms with Crippen molar-refractivity contribution in [1.82, 2.24) is 14.2 Å². The zero-order valence-electron chi connectivity index (χ0n) is 19.7. The van der Waals surface area contributed by atoms with Crippen molar-refractivity contribution < 1.29 is 4.79 Å². The number of rotatable bonds is 3. The van der Waals surface area contributed by atoms with Gasteiger partial charge >= 0.3 is 0 Å². The van der Waals surface area contributed by atoms with E-state index in [1.807, 2.05) is 18.2 Å². The second-order valence-electron chi connectivity index (χ2n) is 9.55. The Morgan fingerprint density at radius 3 is 2.61 bits per heavy atom. The fourth-order valence-corrected chi connectivity index (χ4v) is 6.27. The van der Waals surface area contributed by atoms with Crippen molar-refractivity contribution in [2.45, 2.75) is 32.7 Å². The third kappa shape index (κ3) is 3.65. The highest BCUT2D eigenvalue weighted by molar-refractivity contribution is 8.12. The molecule has 1 unspecified atom stereocenters. The number of benzene rings is 2. The van der Waals surface area contributed by atoms with Crippen LogP contribution in [0.4, 0.5) is 0 Å². The van der Waals surface area contributed by atoms with Crippen LogP contribution in [0.15, 0.2) is 36.4 Å². The highest BCUT2D eigenvalue weighted by Crippen LogP contribution is 2.44. The van der Waals surface area contributed by atoms with Crippen LogP contribution in [0.5, 0.6) is 0 Å². The van der Waals surface area contributed by atoms with E-state index in [9.17, 15) is 10.1 Å². The van der Waals surface area contributed by atoms with Crippen LogP contribution in [0.1, 0.15) is 59.1 Å². The van der Waals surface area contributed by atoms with Gasteiger partial charge in [-0.1, -0.05) is 43.5 Å². The van der Waals surface area contributed by atoms with Crippen molar-refractivity contribution >= 4 is 32.7 Å². The maximum Gasteiger partial charge on any atom is 0.195 e. The van der Waals surface area contributed by atoms with Crippen LogP contribution in [0.2, 0.25) is 0 Å². The number of hydrogen-bond acceptors (Lipinski definition) is 4. The van der Waals surface area contributed by atoms with E-state index in [2.05, 4.69) is 64.8 Å². The van der Waals surface area contributed by atoms with Crippen LogP contribution in [0, 0.1) is 11.3 Å². The Kier molecular flexibility index (Phi) is 5.52. The van der Waals surface area contributed by atoms with E-state index in [-0.39, 0.29) is 21.9 Å². The molecule has 0 radical (unpaired) electrons. The molecule has 6 heteroatoms. The lowest BCUT2D eigenvalue weighted by Gasteiger charge is -2.36. The topological polar surface area (TPSA) is 63.1 Å². The third-order valence-corrected chi connectivity index (χ3v) is 9.13. The molecule has 0 amide bonds. The smallest absolute Gasteiger partial charge is 0.195 e. The van der Waals surface area contributed by atoms with Crippen LogP contribution in [0.3, 0.4) is 0 Å². The van der Waals surface area contributed by atoms with Gasteiger partial charge in [-0.3, -0.25) is 14.0 Å². The number of aromatic amines is 1. The summed E-state index contributed by atoms with van der Waals surface area (Å²) in [7, 11) is 0.252. The number of nitrogens with one attached hydrogen (secondary N) is 1. The summed E-state index contributed by atoms with van der Waals surface area (Å²) >= 11 is 0. The summed E-state index contributed by atoms with van der Waals surface area (Å²) in [6.45, 7) is 11.8. The lowest BCUT2D eigenvalue weighted by atomic mass is 9.71. The molecule has 5 rings (SSSR count). The molecule has 2 aromatic carbocycles. The number of ketones is 1. The monoisotopic (exact) mass is 458 g/mol. The number of aromatic nitrogens is 1. The molecule has 0 spiro atoms. The van der Waals surface area contributed by atoms with Crippen molar-refractivity contribution in [2.24, 2.45) is 0 Å².